The van der Waals surface area contributed by atoms with Crippen LogP contribution in [0, 0.1) is 0 Å². The van der Waals surface area contributed by atoms with Crippen molar-refractivity contribution in [1.82, 2.24) is 0 Å². The molecule has 0 saturated heterocycles. The van der Waals surface area contributed by atoms with Crippen molar-refractivity contribution < 1.29 is 28.5 Å². The summed E-state index contributed by atoms with van der Waals surface area (Å²) in [4.78, 5) is 25.1. The Balaban J connectivity index is 2.33. The van der Waals surface area contributed by atoms with Crippen molar-refractivity contribution in [3.8, 4) is 23.0 Å². The van der Waals surface area contributed by atoms with Gasteiger partial charge in [0.15, 0.2) is 5.78 Å². The van der Waals surface area contributed by atoms with Gasteiger partial charge in [0.25, 0.3) is 5.91 Å². The molecular formula is C22H26ClN3O6. The van der Waals surface area contributed by atoms with E-state index in [-0.39, 0.29) is 11.4 Å². The van der Waals surface area contributed by atoms with Gasteiger partial charge in [-0.3, -0.25) is 9.59 Å². The van der Waals surface area contributed by atoms with E-state index >= 15 is 0 Å². The van der Waals surface area contributed by atoms with E-state index in [2.05, 4.69) is 10.2 Å². The van der Waals surface area contributed by atoms with E-state index in [1.54, 1.807) is 30.3 Å². The van der Waals surface area contributed by atoms with Crippen LogP contribution in [0.5, 0.6) is 23.0 Å². The van der Waals surface area contributed by atoms with Gasteiger partial charge in [0.2, 0.25) is 6.04 Å². The zero-order chi connectivity index (χ0) is 23.7. The predicted molar refractivity (Wildman–Crippen MR) is 121 cm³/mol. The average Bonchev–Trinajstić information content (AvgIpc) is 2.78. The zero-order valence-corrected chi connectivity index (χ0v) is 19.4. The van der Waals surface area contributed by atoms with Crippen molar-refractivity contribution in [2.24, 2.45) is 10.2 Å². The average molecular weight is 464 g/mol. The van der Waals surface area contributed by atoms with Gasteiger partial charge in [0.05, 0.1) is 33.1 Å². The highest BCUT2D eigenvalue weighted by Gasteiger charge is 2.30. The fraction of sp³-hybridized carbons (Fsp3) is 0.364. The van der Waals surface area contributed by atoms with E-state index in [9.17, 15) is 9.59 Å². The smallest absolute Gasteiger partial charge is 0.276 e. The highest BCUT2D eigenvalue weighted by molar-refractivity contribution is 6.39. The molecule has 0 N–H and O–H groups in total. The maximum atomic E-state index is 13.0. The third-order valence-electron chi connectivity index (χ3n) is 4.19. The molecule has 0 bridgehead atoms. The molecule has 0 aliphatic heterocycles. The number of ketones is 1. The number of nitrogens with zero attached hydrogens (tertiary/aromatic N) is 3. The Morgan fingerprint density at radius 1 is 0.969 bits per heavy atom. The summed E-state index contributed by atoms with van der Waals surface area (Å²) in [6.45, 7) is 5.83. The van der Waals surface area contributed by atoms with Gasteiger partial charge in [0, 0.05) is 36.0 Å². The Morgan fingerprint density at radius 3 is 2.09 bits per heavy atom. The lowest BCUT2D eigenvalue weighted by Crippen LogP contribution is -2.36. The number of methoxy groups -OCH3 is 2. The molecule has 1 atom stereocenters. The van der Waals surface area contributed by atoms with Gasteiger partial charge in [-0.1, -0.05) is 0 Å². The standard InChI is InChI=1S/C22H26ClN3O6/c1-6-31-17-10-15(11-18(12-17)32-7-2)24-25-21(14(3)27)22(28)26(23)19-9-8-16(29-4)13-20(19)30-5/h8-13,21H,6-7H2,1-5H3. The number of hydrogen-bond donors (Lipinski definition) is 0. The molecule has 2 rings (SSSR count). The van der Waals surface area contributed by atoms with Gasteiger partial charge < -0.3 is 18.9 Å². The Kier molecular flexibility index (Phi) is 9.27. The molecule has 0 radical (unpaired) electrons. The van der Waals surface area contributed by atoms with Gasteiger partial charge in [-0.05, 0) is 32.9 Å². The summed E-state index contributed by atoms with van der Waals surface area (Å²) in [7, 11) is 2.93. The number of ether oxygens (including phenoxy) is 4. The van der Waals surface area contributed by atoms with Gasteiger partial charge in [-0.25, -0.2) is 4.42 Å². The molecule has 2 aromatic carbocycles. The number of rotatable bonds is 11. The van der Waals surface area contributed by atoms with Crippen LogP contribution in [-0.2, 0) is 9.59 Å². The summed E-state index contributed by atoms with van der Waals surface area (Å²) < 4.78 is 22.2. The monoisotopic (exact) mass is 463 g/mol. The van der Waals surface area contributed by atoms with Gasteiger partial charge in [-0.15, -0.1) is 0 Å². The molecule has 0 aliphatic carbocycles. The molecule has 0 aromatic heterocycles. The van der Waals surface area contributed by atoms with Crippen LogP contribution < -0.4 is 23.4 Å². The second-order valence-electron chi connectivity index (χ2n) is 6.41. The van der Waals surface area contributed by atoms with Gasteiger partial charge in [-0.2, -0.15) is 10.2 Å². The van der Waals surface area contributed by atoms with Crippen molar-refractivity contribution >= 4 is 34.8 Å². The third kappa shape index (κ3) is 6.34. The molecule has 0 spiro atoms. The number of carbonyl (C=O) groups excluding carboxylic acids is 2. The molecule has 2 aromatic rings. The minimum Gasteiger partial charge on any atom is -0.497 e. The summed E-state index contributed by atoms with van der Waals surface area (Å²) in [6, 6.07) is 8.23. The fourth-order valence-corrected chi connectivity index (χ4v) is 2.95. The number of azo groups is 1. The van der Waals surface area contributed by atoms with E-state index < -0.39 is 17.7 Å². The van der Waals surface area contributed by atoms with E-state index in [0.717, 1.165) is 4.42 Å². The summed E-state index contributed by atoms with van der Waals surface area (Å²) in [5.74, 6) is 0.559. The van der Waals surface area contributed by atoms with Crippen LogP contribution in [0.1, 0.15) is 20.8 Å². The summed E-state index contributed by atoms with van der Waals surface area (Å²) in [5.41, 5.74) is 0.597. The molecule has 1 unspecified atom stereocenters. The fourth-order valence-electron chi connectivity index (χ4n) is 2.72. The molecule has 10 heteroatoms. The van der Waals surface area contributed by atoms with Crippen molar-refractivity contribution in [2.75, 3.05) is 31.9 Å². The van der Waals surface area contributed by atoms with Crippen LogP contribution in [0.4, 0.5) is 11.4 Å². The van der Waals surface area contributed by atoms with E-state index in [1.807, 2.05) is 13.8 Å². The number of benzene rings is 2. The van der Waals surface area contributed by atoms with Crippen molar-refractivity contribution in [3.05, 3.63) is 36.4 Å². The molecule has 32 heavy (non-hydrogen) atoms. The quantitative estimate of drug-likeness (QED) is 0.271. The second kappa shape index (κ2) is 11.9. The van der Waals surface area contributed by atoms with Crippen LogP contribution in [0.15, 0.2) is 46.6 Å². The molecule has 0 aliphatic rings. The topological polar surface area (TPSA) is 99.0 Å². The minimum absolute atomic E-state index is 0.235. The van der Waals surface area contributed by atoms with E-state index in [1.165, 1.54) is 27.2 Å². The van der Waals surface area contributed by atoms with Gasteiger partial charge in [0.1, 0.15) is 28.7 Å². The highest BCUT2D eigenvalue weighted by atomic mass is 35.5. The number of carbonyl (C=O) groups is 2. The zero-order valence-electron chi connectivity index (χ0n) is 18.6. The van der Waals surface area contributed by atoms with E-state index in [0.29, 0.717) is 36.1 Å². The Labute approximate surface area is 192 Å². The summed E-state index contributed by atoms with van der Waals surface area (Å²) in [5, 5.41) is 8.02. The number of amides is 1. The maximum Gasteiger partial charge on any atom is 0.276 e. The van der Waals surface area contributed by atoms with Crippen LogP contribution in [0.3, 0.4) is 0 Å². The number of hydrogen-bond acceptors (Lipinski definition) is 8. The number of Topliss-reactive ketones (excluding diaryl/α,β-unsaturated/α-hetero) is 1. The Bertz CT molecular complexity index is 958. The maximum absolute atomic E-state index is 13.0. The number of anilines is 1. The normalized spacial score (nSPS) is 11.7. The van der Waals surface area contributed by atoms with Crippen LogP contribution in [0.25, 0.3) is 0 Å². The van der Waals surface area contributed by atoms with Crippen molar-refractivity contribution in [2.45, 2.75) is 26.8 Å². The lowest BCUT2D eigenvalue weighted by atomic mass is 10.2. The molecule has 0 fully saturated rings. The van der Waals surface area contributed by atoms with Crippen LogP contribution in [0.2, 0.25) is 0 Å². The largest absolute Gasteiger partial charge is 0.497 e. The molecule has 0 saturated carbocycles. The first-order valence-corrected chi connectivity index (χ1v) is 10.2. The van der Waals surface area contributed by atoms with E-state index in [4.69, 9.17) is 30.7 Å². The highest BCUT2D eigenvalue weighted by Crippen LogP contribution is 2.34. The van der Waals surface area contributed by atoms with Crippen molar-refractivity contribution in [3.63, 3.8) is 0 Å². The first-order valence-electron chi connectivity index (χ1n) is 9.88. The van der Waals surface area contributed by atoms with Gasteiger partial charge >= 0.3 is 0 Å². The molecule has 1 amide bonds. The van der Waals surface area contributed by atoms with Crippen LogP contribution in [-0.4, -0.2) is 45.2 Å². The predicted octanol–water partition coefficient (Wildman–Crippen LogP) is 4.73. The summed E-state index contributed by atoms with van der Waals surface area (Å²) >= 11 is 6.26. The summed E-state index contributed by atoms with van der Waals surface area (Å²) in [6.07, 6.45) is 0. The third-order valence-corrected chi connectivity index (χ3v) is 4.54. The minimum atomic E-state index is -1.45. The second-order valence-corrected chi connectivity index (χ2v) is 6.75. The Hall–Kier alpha value is -3.33. The lowest BCUT2D eigenvalue weighted by molar-refractivity contribution is -0.126. The first-order chi connectivity index (χ1) is 15.3. The van der Waals surface area contributed by atoms with Crippen LogP contribution >= 0.6 is 11.8 Å². The lowest BCUT2D eigenvalue weighted by Gasteiger charge is -2.19. The molecule has 9 nitrogen and oxygen atoms in total. The molecular weight excluding hydrogens is 438 g/mol. The number of halogens is 1. The molecule has 172 valence electrons. The first kappa shape index (κ1) is 24.9. The molecule has 0 heterocycles. The van der Waals surface area contributed by atoms with Crippen molar-refractivity contribution in [1.29, 1.82) is 0 Å². The Morgan fingerprint density at radius 2 is 1.59 bits per heavy atom. The SMILES string of the molecule is CCOc1cc(N=NC(C(C)=O)C(=O)N(Cl)c2ccc(OC)cc2OC)cc(OCC)c1.